The van der Waals surface area contributed by atoms with Crippen molar-refractivity contribution in [3.8, 4) is 0 Å². The van der Waals surface area contributed by atoms with Crippen LogP contribution in [0.5, 0.6) is 0 Å². The summed E-state index contributed by atoms with van der Waals surface area (Å²) >= 11 is 5.48. The minimum Gasteiger partial charge on any atom is -0.399 e. The van der Waals surface area contributed by atoms with Gasteiger partial charge >= 0.3 is 36.0 Å². The lowest BCUT2D eigenvalue weighted by atomic mass is 9.91. The third kappa shape index (κ3) is 6.40. The van der Waals surface area contributed by atoms with Gasteiger partial charge < -0.3 is 11.5 Å². The van der Waals surface area contributed by atoms with Crippen LogP contribution in [0.1, 0.15) is 36.1 Å². The molecule has 2 nitrogen and oxygen atoms in total. The second-order valence-corrected chi connectivity index (χ2v) is 8.37. The smallest absolute Gasteiger partial charge is 0.399 e. The molecule has 0 fully saturated rings. The molecule has 0 aliphatic heterocycles. The van der Waals surface area contributed by atoms with Gasteiger partial charge in [0.05, 0.1) is 10.7 Å². The number of anilines is 2. The van der Waals surface area contributed by atoms with Gasteiger partial charge in [-0.1, -0.05) is 31.5 Å². The van der Waals surface area contributed by atoms with E-state index in [9.17, 15) is 61.5 Å². The van der Waals surface area contributed by atoms with E-state index in [2.05, 4.69) is 0 Å². The normalized spacial score (nSPS) is 13.7. The summed E-state index contributed by atoms with van der Waals surface area (Å²) in [5.41, 5.74) is -3.50. The highest BCUT2D eigenvalue weighted by Crippen LogP contribution is 2.55. The van der Waals surface area contributed by atoms with E-state index in [1.165, 1.54) is 13.8 Å². The summed E-state index contributed by atoms with van der Waals surface area (Å²) in [4.78, 5) is 0. The Kier molecular flexibility index (Phi) is 9.77. The molecule has 0 amide bonds. The zero-order valence-electron chi connectivity index (χ0n) is 19.6. The molecule has 0 saturated carbocycles. The molecule has 222 valence electrons. The summed E-state index contributed by atoms with van der Waals surface area (Å²) < 4.78 is 178. The zero-order chi connectivity index (χ0) is 31.0. The molecule has 0 aliphatic carbocycles. The first kappa shape index (κ1) is 34.4. The van der Waals surface area contributed by atoms with Crippen LogP contribution in [0.3, 0.4) is 0 Å². The molecule has 0 radical (unpaired) electrons. The van der Waals surface area contributed by atoms with Gasteiger partial charge in [0.1, 0.15) is 0 Å². The maximum absolute atomic E-state index is 13.8. The summed E-state index contributed by atoms with van der Waals surface area (Å²) in [5.74, 6) is 0. The van der Waals surface area contributed by atoms with Crippen LogP contribution in [0.15, 0.2) is 30.3 Å². The van der Waals surface area contributed by atoms with Crippen LogP contribution in [0.25, 0.3) is 0 Å². The van der Waals surface area contributed by atoms with Gasteiger partial charge in [-0.15, -0.1) is 0 Å². The molecule has 0 spiro atoms. The standard InChI is InChI=1S/C11H9ClF7N.C11H10F7N/c1-2-5-3-6(4-7(12)8(5)20)9(13,10(14,15)16)11(17,18)19;1-2-6-5-7(3-4-8(6)19)9(12,10(13,14)15)11(16,17)18/h3-4H,2,20H2,1H3;3-5H,2,19H2,1H3. The maximum atomic E-state index is 13.8. The van der Waals surface area contributed by atoms with Crippen LogP contribution in [-0.4, -0.2) is 24.7 Å². The van der Waals surface area contributed by atoms with Crippen molar-refractivity contribution in [3.63, 3.8) is 0 Å². The van der Waals surface area contributed by atoms with Crippen molar-refractivity contribution >= 4 is 23.0 Å². The number of hydrogen-bond acceptors (Lipinski definition) is 2. The van der Waals surface area contributed by atoms with Gasteiger partial charge in [-0.3, -0.25) is 0 Å². The van der Waals surface area contributed by atoms with E-state index >= 15 is 0 Å². The molecule has 2 rings (SSSR count). The second kappa shape index (κ2) is 11.1. The SMILES string of the molecule is CCc1cc(C(F)(C(F)(F)F)C(F)(F)F)cc(Cl)c1N.CCc1cc(C(F)(C(F)(F)F)C(F)(F)F)ccc1N. The highest BCUT2D eigenvalue weighted by atomic mass is 35.5. The number of hydrogen-bond donors (Lipinski definition) is 2. The van der Waals surface area contributed by atoms with Crippen LogP contribution in [0.4, 0.5) is 72.8 Å². The van der Waals surface area contributed by atoms with E-state index in [0.29, 0.717) is 18.2 Å². The average Bonchev–Trinajstić information content (AvgIpc) is 2.77. The molecule has 17 heteroatoms. The lowest BCUT2D eigenvalue weighted by Gasteiger charge is -2.31. The van der Waals surface area contributed by atoms with Gasteiger partial charge in [-0.05, 0) is 48.2 Å². The molecular formula is C22H19ClF14N2. The quantitative estimate of drug-likeness (QED) is 0.268. The fourth-order valence-electron chi connectivity index (χ4n) is 3.27. The fraction of sp³-hybridized carbons (Fsp3) is 0.455. The van der Waals surface area contributed by atoms with E-state index in [1.54, 1.807) is 0 Å². The van der Waals surface area contributed by atoms with Crippen LogP contribution < -0.4 is 11.5 Å². The predicted molar refractivity (Wildman–Crippen MR) is 115 cm³/mol. The van der Waals surface area contributed by atoms with Crippen molar-refractivity contribution < 1.29 is 61.5 Å². The van der Waals surface area contributed by atoms with Crippen molar-refractivity contribution in [1.82, 2.24) is 0 Å². The topological polar surface area (TPSA) is 52.0 Å². The van der Waals surface area contributed by atoms with Crippen molar-refractivity contribution in [3.05, 3.63) is 57.6 Å². The van der Waals surface area contributed by atoms with Crippen molar-refractivity contribution in [2.24, 2.45) is 0 Å². The molecule has 0 aromatic heterocycles. The maximum Gasteiger partial charge on any atom is 0.435 e. The zero-order valence-corrected chi connectivity index (χ0v) is 20.4. The monoisotopic (exact) mass is 612 g/mol. The van der Waals surface area contributed by atoms with Crippen molar-refractivity contribution in [2.75, 3.05) is 11.5 Å². The Morgan fingerprint density at radius 3 is 1.28 bits per heavy atom. The van der Waals surface area contributed by atoms with Crippen LogP contribution in [0.2, 0.25) is 5.02 Å². The predicted octanol–water partition coefficient (Wildman–Crippen LogP) is 8.89. The highest BCUT2D eigenvalue weighted by molar-refractivity contribution is 6.33. The number of rotatable bonds is 4. The molecule has 2 aromatic carbocycles. The largest absolute Gasteiger partial charge is 0.435 e. The molecule has 2 aromatic rings. The summed E-state index contributed by atoms with van der Waals surface area (Å²) in [6.45, 7) is 2.92. The van der Waals surface area contributed by atoms with E-state index in [1.807, 2.05) is 0 Å². The summed E-state index contributed by atoms with van der Waals surface area (Å²) in [7, 11) is 0. The number of benzene rings is 2. The van der Waals surface area contributed by atoms with Gasteiger partial charge in [0.15, 0.2) is 0 Å². The van der Waals surface area contributed by atoms with Crippen LogP contribution in [0, 0.1) is 0 Å². The molecule has 39 heavy (non-hydrogen) atoms. The van der Waals surface area contributed by atoms with Crippen molar-refractivity contribution in [2.45, 2.75) is 62.7 Å². The molecule has 0 bridgehead atoms. The van der Waals surface area contributed by atoms with Crippen LogP contribution in [-0.2, 0) is 24.2 Å². The molecule has 4 N–H and O–H groups in total. The first-order valence-corrected chi connectivity index (χ1v) is 10.8. The minimum absolute atomic E-state index is 0.00515. The number of nitrogens with two attached hydrogens (primary N) is 2. The molecule has 0 aliphatic rings. The number of halogens is 15. The molecule has 0 unspecified atom stereocenters. The lowest BCUT2D eigenvalue weighted by Crippen LogP contribution is -2.50. The first-order chi connectivity index (χ1) is 17.3. The average molecular weight is 613 g/mol. The van der Waals surface area contributed by atoms with Gasteiger partial charge in [0.25, 0.3) is 0 Å². The van der Waals surface area contributed by atoms with E-state index < -0.39 is 52.2 Å². The summed E-state index contributed by atoms with van der Waals surface area (Å²) in [6, 6.07) is 2.41. The Labute approximate surface area is 216 Å². The molecule has 0 saturated heterocycles. The lowest BCUT2D eigenvalue weighted by molar-refractivity contribution is -0.349. The van der Waals surface area contributed by atoms with Crippen molar-refractivity contribution in [1.29, 1.82) is 0 Å². The van der Waals surface area contributed by atoms with E-state index in [-0.39, 0.29) is 41.4 Å². The Bertz CT molecular complexity index is 1120. The number of aryl methyl sites for hydroxylation is 2. The molecule has 0 heterocycles. The van der Waals surface area contributed by atoms with Crippen LogP contribution >= 0.6 is 11.6 Å². The molecule has 0 atom stereocenters. The Hall–Kier alpha value is -2.65. The van der Waals surface area contributed by atoms with Gasteiger partial charge in [0, 0.05) is 16.8 Å². The van der Waals surface area contributed by atoms with Gasteiger partial charge in [-0.25, -0.2) is 8.78 Å². The van der Waals surface area contributed by atoms with E-state index in [4.69, 9.17) is 23.1 Å². The summed E-state index contributed by atoms with van der Waals surface area (Å²) in [5, 5.41) is -0.560. The fourth-order valence-corrected chi connectivity index (χ4v) is 3.51. The summed E-state index contributed by atoms with van der Waals surface area (Å²) in [6.07, 6.45) is -24.5. The first-order valence-electron chi connectivity index (χ1n) is 10.4. The third-order valence-corrected chi connectivity index (χ3v) is 5.79. The second-order valence-electron chi connectivity index (χ2n) is 7.96. The Morgan fingerprint density at radius 2 is 0.923 bits per heavy atom. The number of nitrogen functional groups attached to an aromatic ring is 2. The van der Waals surface area contributed by atoms with E-state index in [0.717, 1.165) is 6.07 Å². The third-order valence-electron chi connectivity index (χ3n) is 5.48. The van der Waals surface area contributed by atoms with Gasteiger partial charge in [-0.2, -0.15) is 52.7 Å². The highest BCUT2D eigenvalue weighted by Gasteiger charge is 2.74. The number of alkyl halides is 14. The Balaban J connectivity index is 0.000000391. The van der Waals surface area contributed by atoms with Gasteiger partial charge in [0.2, 0.25) is 0 Å². The minimum atomic E-state index is -6.17. The molecular weight excluding hydrogens is 594 g/mol. The Morgan fingerprint density at radius 1 is 0.564 bits per heavy atom.